The number of carbonyl (C=O) groups is 4. The summed E-state index contributed by atoms with van der Waals surface area (Å²) in [7, 11) is 0. The van der Waals surface area contributed by atoms with E-state index in [0.717, 1.165) is 58.6 Å². The first-order valence-corrected chi connectivity index (χ1v) is 32.6. The van der Waals surface area contributed by atoms with E-state index < -0.39 is 11.6 Å². The Balaban J connectivity index is 1.28. The van der Waals surface area contributed by atoms with Crippen LogP contribution in [0.1, 0.15) is 80.0 Å². The standard InChI is InChI=1S/C63H89Cl6N7O8/c64-30-39-74(40-31-65)56-24-18-52(19-25-56)12-4-15-59(77)70-36-7-45-81-49-63(73-62(80)84-48-55-10-2-1-3-11-55,50-82-46-8-37-71-60(78)16-5-13-53-20-26-57(27-21-53)75(41-32-66)42-33-67)51-83-47-9-38-72-61(79)17-6-14-54-22-28-58(29-23-54)76(43-34-68)44-35-69/h1-3,10-11,18-29H,4-9,12-17,30-51H2,(H,70,77)(H,71,78)(H,72,79)(H,73,80). The smallest absolute Gasteiger partial charge is 0.408 e. The molecule has 0 heterocycles. The summed E-state index contributed by atoms with van der Waals surface area (Å²) in [6.07, 6.45) is 6.44. The highest BCUT2D eigenvalue weighted by atomic mass is 35.5. The Hall–Kier alpha value is -4.42. The molecule has 4 aromatic carbocycles. The number of ether oxygens (including phenoxy) is 4. The second kappa shape index (κ2) is 44.9. The lowest BCUT2D eigenvalue weighted by atomic mass is 10.0. The predicted octanol–water partition coefficient (Wildman–Crippen LogP) is 11.1. The molecule has 4 rings (SSSR count). The van der Waals surface area contributed by atoms with Crippen LogP contribution in [0.4, 0.5) is 21.9 Å². The highest BCUT2D eigenvalue weighted by Crippen LogP contribution is 2.20. The lowest BCUT2D eigenvalue weighted by Gasteiger charge is -2.34. The second-order valence-electron chi connectivity index (χ2n) is 20.4. The second-order valence-corrected chi connectivity index (χ2v) is 22.7. The minimum atomic E-state index is -1.19. The third-order valence-corrected chi connectivity index (χ3v) is 14.7. The molecular weight excluding hydrogens is 1200 g/mol. The largest absolute Gasteiger partial charge is 0.445 e. The maximum absolute atomic E-state index is 13.6. The van der Waals surface area contributed by atoms with Gasteiger partial charge in [0.25, 0.3) is 0 Å². The number of anilines is 3. The molecule has 0 spiro atoms. The molecule has 0 aliphatic carbocycles. The van der Waals surface area contributed by atoms with Gasteiger partial charge in [0, 0.05) is 150 Å². The van der Waals surface area contributed by atoms with Gasteiger partial charge in [0.05, 0.1) is 19.8 Å². The van der Waals surface area contributed by atoms with Crippen LogP contribution in [-0.2, 0) is 59.2 Å². The molecule has 0 atom stereocenters. The number of alkyl carbamates (subject to hydrolysis) is 1. The molecular formula is C63H89Cl6N7O8. The highest BCUT2D eigenvalue weighted by molar-refractivity contribution is 6.19. The Labute approximate surface area is 529 Å². The number of hydrogen-bond acceptors (Lipinski definition) is 11. The summed E-state index contributed by atoms with van der Waals surface area (Å²) in [5.74, 6) is 2.96. The van der Waals surface area contributed by atoms with Gasteiger partial charge in [-0.1, -0.05) is 66.7 Å². The number of amides is 4. The Kier molecular flexibility index (Phi) is 38.6. The average molecular weight is 1290 g/mol. The molecule has 4 N–H and O–H groups in total. The van der Waals surface area contributed by atoms with E-state index in [4.69, 9.17) is 88.6 Å². The van der Waals surface area contributed by atoms with Crippen molar-refractivity contribution in [1.29, 1.82) is 0 Å². The highest BCUT2D eigenvalue weighted by Gasteiger charge is 2.34. The molecule has 4 amide bonds. The zero-order chi connectivity index (χ0) is 60.3. The first-order valence-electron chi connectivity index (χ1n) is 29.4. The molecule has 0 aliphatic rings. The van der Waals surface area contributed by atoms with Crippen LogP contribution in [0.5, 0.6) is 0 Å². The fraction of sp³-hybridized carbons (Fsp3) is 0.556. The van der Waals surface area contributed by atoms with E-state index in [2.05, 4.69) is 109 Å². The molecule has 84 heavy (non-hydrogen) atoms. The van der Waals surface area contributed by atoms with Crippen molar-refractivity contribution in [2.45, 2.75) is 89.2 Å². The lowest BCUT2D eigenvalue weighted by molar-refractivity contribution is -0.122. The summed E-state index contributed by atoms with van der Waals surface area (Å²) in [5.41, 5.74) is 6.28. The monoisotopic (exact) mass is 1280 g/mol. The number of rotatable bonds is 48. The number of carbonyl (C=O) groups excluding carboxylic acids is 4. The number of alkyl halides is 6. The fourth-order valence-corrected chi connectivity index (χ4v) is 10.4. The number of halogens is 6. The van der Waals surface area contributed by atoms with E-state index in [9.17, 15) is 19.2 Å². The van der Waals surface area contributed by atoms with Gasteiger partial charge in [-0.3, -0.25) is 14.4 Å². The van der Waals surface area contributed by atoms with Gasteiger partial charge < -0.3 is 54.9 Å². The zero-order valence-corrected chi connectivity index (χ0v) is 53.3. The van der Waals surface area contributed by atoms with Gasteiger partial charge in [0.15, 0.2) is 0 Å². The van der Waals surface area contributed by atoms with Gasteiger partial charge in [-0.2, -0.15) is 0 Å². The number of nitrogens with one attached hydrogen (secondary N) is 4. The van der Waals surface area contributed by atoms with Crippen LogP contribution in [0, 0.1) is 0 Å². The molecule has 0 aliphatic heterocycles. The average Bonchev–Trinajstić information content (AvgIpc) is 3.69. The number of aryl methyl sites for hydroxylation is 3. The van der Waals surface area contributed by atoms with Crippen LogP contribution in [0.3, 0.4) is 0 Å². The van der Waals surface area contributed by atoms with Crippen molar-refractivity contribution in [3.63, 3.8) is 0 Å². The lowest BCUT2D eigenvalue weighted by Crippen LogP contribution is -2.58. The maximum atomic E-state index is 13.6. The molecule has 0 fully saturated rings. The van der Waals surface area contributed by atoms with Crippen LogP contribution < -0.4 is 36.0 Å². The van der Waals surface area contributed by atoms with Crippen LogP contribution in [0.15, 0.2) is 103 Å². The number of benzene rings is 4. The fourth-order valence-electron chi connectivity index (χ4n) is 9.18. The number of hydrogen-bond donors (Lipinski definition) is 4. The van der Waals surface area contributed by atoms with Gasteiger partial charge in [-0.15, -0.1) is 69.6 Å². The quantitative estimate of drug-likeness (QED) is 0.0246. The van der Waals surface area contributed by atoms with Crippen molar-refractivity contribution in [3.05, 3.63) is 125 Å². The van der Waals surface area contributed by atoms with Crippen LogP contribution >= 0.6 is 69.6 Å². The van der Waals surface area contributed by atoms with Gasteiger partial charge in [-0.25, -0.2) is 4.79 Å². The van der Waals surface area contributed by atoms with Gasteiger partial charge in [0.2, 0.25) is 17.7 Å². The molecule has 0 bridgehead atoms. The Bertz CT molecular complexity index is 2150. The van der Waals surface area contributed by atoms with E-state index in [0.29, 0.717) is 152 Å². The van der Waals surface area contributed by atoms with E-state index >= 15 is 0 Å². The Morgan fingerprint density at radius 2 is 0.702 bits per heavy atom. The molecule has 21 heteroatoms. The van der Waals surface area contributed by atoms with Crippen LogP contribution in [0.2, 0.25) is 0 Å². The van der Waals surface area contributed by atoms with Crippen molar-refractivity contribution in [2.75, 3.05) is 149 Å². The van der Waals surface area contributed by atoms with Crippen molar-refractivity contribution < 1.29 is 38.1 Å². The molecule has 0 radical (unpaired) electrons. The molecule has 15 nitrogen and oxygen atoms in total. The van der Waals surface area contributed by atoms with Crippen molar-refractivity contribution >= 4 is 110 Å². The molecule has 0 saturated heterocycles. The van der Waals surface area contributed by atoms with Gasteiger partial charge >= 0.3 is 6.09 Å². The summed E-state index contributed by atoms with van der Waals surface area (Å²) in [6, 6.07) is 34.2. The minimum absolute atomic E-state index is 0.00675. The maximum Gasteiger partial charge on any atom is 0.408 e. The molecule has 0 unspecified atom stereocenters. The zero-order valence-electron chi connectivity index (χ0n) is 48.7. The predicted molar refractivity (Wildman–Crippen MR) is 347 cm³/mol. The normalized spacial score (nSPS) is 11.3. The summed E-state index contributed by atoms with van der Waals surface area (Å²) in [5, 5.41) is 12.0. The molecule has 466 valence electrons. The van der Waals surface area contributed by atoms with E-state index in [1.165, 1.54) is 0 Å². The van der Waals surface area contributed by atoms with Gasteiger partial charge in [-0.05, 0) is 116 Å². The SMILES string of the molecule is O=C(CCCc1ccc(N(CCCl)CCCl)cc1)NCCCOCC(COCCCNC(=O)CCCc1ccc(N(CCCl)CCCl)cc1)(COCCCNC(=O)CCCc1ccc(N(CCCl)CCCl)cc1)NC(=O)OCc1ccccc1. The number of nitrogens with zero attached hydrogens (tertiary/aromatic N) is 3. The first kappa shape index (κ1) is 72.1. The topological polar surface area (TPSA) is 163 Å². The van der Waals surface area contributed by atoms with Crippen LogP contribution in [0.25, 0.3) is 0 Å². The van der Waals surface area contributed by atoms with E-state index in [-0.39, 0.29) is 64.0 Å². The minimum Gasteiger partial charge on any atom is -0.445 e. The molecule has 4 aromatic rings. The summed E-state index contributed by atoms with van der Waals surface area (Å²) in [4.78, 5) is 58.6. The molecule has 0 saturated carbocycles. The van der Waals surface area contributed by atoms with Gasteiger partial charge in [0.1, 0.15) is 12.1 Å². The van der Waals surface area contributed by atoms with E-state index in [1.807, 2.05) is 30.3 Å². The Morgan fingerprint density at radius 3 is 1.00 bits per heavy atom. The summed E-state index contributed by atoms with van der Waals surface area (Å²) < 4.78 is 24.4. The van der Waals surface area contributed by atoms with Crippen molar-refractivity contribution in [3.8, 4) is 0 Å². The first-order chi connectivity index (χ1) is 41.0. The third-order valence-electron chi connectivity index (χ3n) is 13.7. The molecule has 0 aromatic heterocycles. The third kappa shape index (κ3) is 30.8. The Morgan fingerprint density at radius 1 is 0.393 bits per heavy atom. The van der Waals surface area contributed by atoms with Crippen LogP contribution in [-0.4, -0.2) is 163 Å². The summed E-state index contributed by atoms with van der Waals surface area (Å²) >= 11 is 36.0. The van der Waals surface area contributed by atoms with Crippen molar-refractivity contribution in [2.24, 2.45) is 0 Å². The van der Waals surface area contributed by atoms with Crippen molar-refractivity contribution in [1.82, 2.24) is 21.3 Å². The summed E-state index contributed by atoms with van der Waals surface area (Å²) in [6.45, 7) is 6.41. The van der Waals surface area contributed by atoms with E-state index in [1.54, 1.807) is 0 Å².